The Hall–Kier alpha value is -5.80. The molecule has 7 aromatic rings. The highest BCUT2D eigenvalue weighted by Gasteiger charge is 2.49. The molecule has 2 aliphatic carbocycles. The quantitative estimate of drug-likeness (QED) is 0.169. The molecule has 4 aliphatic rings. The van der Waals surface area contributed by atoms with E-state index in [9.17, 15) is 0 Å². The van der Waals surface area contributed by atoms with Crippen molar-refractivity contribution in [3.05, 3.63) is 197 Å². The predicted molar refractivity (Wildman–Crippen MR) is 254 cm³/mol. The minimum absolute atomic E-state index is 0.0706. The van der Waals surface area contributed by atoms with Crippen LogP contribution in [0.1, 0.15) is 118 Å². The second-order valence-corrected chi connectivity index (χ2v) is 19.3. The van der Waals surface area contributed by atoms with Crippen LogP contribution in [0.3, 0.4) is 0 Å². The van der Waals surface area contributed by atoms with Crippen LogP contribution in [0.25, 0.3) is 11.1 Å². The maximum Gasteiger partial charge on any atom is 0.197 e. The fraction of sp³-hybridized carbons (Fsp3) is 0.263. The van der Waals surface area contributed by atoms with E-state index in [0.29, 0.717) is 5.92 Å². The lowest BCUT2D eigenvalue weighted by Crippen LogP contribution is -2.47. The molecule has 0 spiro atoms. The normalized spacial score (nSPS) is 18.0. The van der Waals surface area contributed by atoms with E-state index in [1.807, 2.05) is 0 Å². The van der Waals surface area contributed by atoms with Gasteiger partial charge in [0, 0.05) is 28.3 Å². The molecular weight excluding hydrogens is 723 g/mol. The van der Waals surface area contributed by atoms with E-state index in [-0.39, 0.29) is 10.8 Å². The molecule has 0 saturated heterocycles. The van der Waals surface area contributed by atoms with Gasteiger partial charge in [-0.25, -0.2) is 0 Å². The van der Waals surface area contributed by atoms with Gasteiger partial charge in [0.05, 0.1) is 11.1 Å². The Morgan fingerprint density at radius 2 is 1.13 bits per heavy atom. The molecule has 3 heteroatoms. The lowest BCUT2D eigenvalue weighted by Gasteiger charge is -2.49. The third-order valence-corrected chi connectivity index (χ3v) is 14.8. The van der Waals surface area contributed by atoms with Crippen LogP contribution in [-0.2, 0) is 16.2 Å². The van der Waals surface area contributed by atoms with Crippen LogP contribution in [0.4, 0.5) is 28.4 Å². The van der Waals surface area contributed by atoms with Crippen molar-refractivity contribution in [2.45, 2.75) is 94.8 Å². The molecule has 60 heavy (non-hydrogen) atoms. The summed E-state index contributed by atoms with van der Waals surface area (Å²) in [4.78, 5) is 2.66. The third-order valence-electron chi connectivity index (χ3n) is 14.8. The van der Waals surface area contributed by atoms with Gasteiger partial charge in [-0.15, -0.1) is 0 Å². The number of nitrogens with zero attached hydrogens (tertiary/aromatic N) is 1. The SMILES string of the molecule is CC1(C)CCC(C)(C)c2cc(-c3cc(C4CCCCC4)cc4c3[B]c3cccc5c3N4c3ccccc3C5(c3ccccc3)c3ccccc3)c(Nc3ccccc3)cc21. The Morgan fingerprint density at radius 3 is 1.82 bits per heavy atom. The molecule has 11 rings (SSSR count). The fourth-order valence-corrected chi connectivity index (χ4v) is 11.6. The lowest BCUT2D eigenvalue weighted by atomic mass is 9.53. The zero-order chi connectivity index (χ0) is 40.6. The Morgan fingerprint density at radius 1 is 0.533 bits per heavy atom. The monoisotopic (exact) mass is 777 g/mol. The van der Waals surface area contributed by atoms with Gasteiger partial charge < -0.3 is 10.2 Å². The number of benzene rings is 7. The molecule has 0 aromatic heterocycles. The van der Waals surface area contributed by atoms with Crippen LogP contribution in [0.5, 0.6) is 0 Å². The van der Waals surface area contributed by atoms with Gasteiger partial charge in [-0.1, -0.05) is 174 Å². The highest BCUT2D eigenvalue weighted by molar-refractivity contribution is 6.73. The smallest absolute Gasteiger partial charge is 0.197 e. The first-order chi connectivity index (χ1) is 29.2. The molecule has 1 N–H and O–H groups in total. The van der Waals surface area contributed by atoms with Crippen molar-refractivity contribution in [2.75, 3.05) is 10.2 Å². The summed E-state index contributed by atoms with van der Waals surface area (Å²) < 4.78 is 0. The van der Waals surface area contributed by atoms with Gasteiger partial charge in [0.25, 0.3) is 0 Å². The van der Waals surface area contributed by atoms with Gasteiger partial charge in [-0.3, -0.25) is 0 Å². The first-order valence-corrected chi connectivity index (χ1v) is 22.4. The van der Waals surface area contributed by atoms with Gasteiger partial charge in [0.1, 0.15) is 0 Å². The molecule has 0 unspecified atom stereocenters. The summed E-state index contributed by atoms with van der Waals surface area (Å²) in [5, 5.41) is 3.99. The molecule has 2 aliphatic heterocycles. The van der Waals surface area contributed by atoms with Crippen LogP contribution < -0.4 is 21.1 Å². The van der Waals surface area contributed by atoms with Crippen molar-refractivity contribution in [3.8, 4) is 11.1 Å². The van der Waals surface area contributed by atoms with Crippen molar-refractivity contribution in [3.63, 3.8) is 0 Å². The second-order valence-electron chi connectivity index (χ2n) is 19.3. The number of rotatable bonds is 6. The van der Waals surface area contributed by atoms with Gasteiger partial charge in [0.15, 0.2) is 7.28 Å². The minimum atomic E-state index is -0.500. The van der Waals surface area contributed by atoms with E-state index in [0.717, 1.165) is 5.69 Å². The zero-order valence-corrected chi connectivity index (χ0v) is 35.6. The number of hydrogen-bond donors (Lipinski definition) is 1. The van der Waals surface area contributed by atoms with Gasteiger partial charge in [-0.2, -0.15) is 0 Å². The summed E-state index contributed by atoms with van der Waals surface area (Å²) in [6.07, 6.45) is 8.76. The molecule has 7 aromatic carbocycles. The Bertz CT molecular complexity index is 2700. The van der Waals surface area contributed by atoms with E-state index in [1.54, 1.807) is 0 Å². The Balaban J connectivity index is 1.22. The van der Waals surface area contributed by atoms with Crippen molar-refractivity contribution in [2.24, 2.45) is 0 Å². The van der Waals surface area contributed by atoms with E-state index in [1.165, 1.54) is 129 Å². The largest absolute Gasteiger partial charge is 0.355 e. The van der Waals surface area contributed by atoms with Gasteiger partial charge in [0.2, 0.25) is 0 Å². The maximum atomic E-state index is 3.99. The summed E-state index contributed by atoms with van der Waals surface area (Å²) in [7, 11) is 2.53. The summed E-state index contributed by atoms with van der Waals surface area (Å²) in [6.45, 7) is 9.81. The van der Waals surface area contributed by atoms with Crippen LogP contribution in [0.2, 0.25) is 0 Å². The fourth-order valence-electron chi connectivity index (χ4n) is 11.6. The summed E-state index contributed by atoms with van der Waals surface area (Å²) in [5.41, 5.74) is 20.6. The van der Waals surface area contributed by atoms with Crippen LogP contribution >= 0.6 is 0 Å². The first kappa shape index (κ1) is 37.2. The summed E-state index contributed by atoms with van der Waals surface area (Å²) in [5.74, 6) is 0.533. The van der Waals surface area contributed by atoms with E-state index >= 15 is 0 Å². The molecular formula is C57H54BN2. The van der Waals surface area contributed by atoms with Crippen molar-refractivity contribution in [1.29, 1.82) is 0 Å². The summed E-state index contributed by atoms with van der Waals surface area (Å²) >= 11 is 0. The summed E-state index contributed by atoms with van der Waals surface area (Å²) in [6, 6.07) is 59.9. The van der Waals surface area contributed by atoms with E-state index < -0.39 is 5.41 Å². The molecule has 2 heterocycles. The first-order valence-electron chi connectivity index (χ1n) is 22.4. The van der Waals surface area contributed by atoms with E-state index in [4.69, 9.17) is 0 Å². The second kappa shape index (κ2) is 14.2. The number of anilines is 5. The average molecular weight is 778 g/mol. The lowest BCUT2D eigenvalue weighted by molar-refractivity contribution is 0.332. The predicted octanol–water partition coefficient (Wildman–Crippen LogP) is 13.6. The van der Waals surface area contributed by atoms with Crippen molar-refractivity contribution < 1.29 is 0 Å². The number of para-hydroxylation sites is 3. The van der Waals surface area contributed by atoms with Crippen molar-refractivity contribution >= 4 is 46.6 Å². The molecule has 295 valence electrons. The molecule has 1 radical (unpaired) electrons. The van der Waals surface area contributed by atoms with Crippen LogP contribution in [-0.4, -0.2) is 7.28 Å². The highest BCUT2D eigenvalue weighted by atomic mass is 15.2. The van der Waals surface area contributed by atoms with Crippen molar-refractivity contribution in [1.82, 2.24) is 0 Å². The number of fused-ring (bicyclic) bond motifs is 5. The van der Waals surface area contributed by atoms with Crippen LogP contribution in [0.15, 0.2) is 158 Å². The molecule has 0 amide bonds. The molecule has 1 fully saturated rings. The maximum absolute atomic E-state index is 3.99. The number of hydrogen-bond acceptors (Lipinski definition) is 2. The topological polar surface area (TPSA) is 15.3 Å². The minimum Gasteiger partial charge on any atom is -0.355 e. The highest BCUT2D eigenvalue weighted by Crippen LogP contribution is 2.58. The van der Waals surface area contributed by atoms with Crippen LogP contribution in [0, 0.1) is 0 Å². The van der Waals surface area contributed by atoms with E-state index in [2.05, 4.69) is 203 Å². The average Bonchev–Trinajstić information content (AvgIpc) is 3.29. The Kier molecular flexibility index (Phi) is 8.78. The zero-order valence-electron chi connectivity index (χ0n) is 35.6. The molecule has 0 atom stereocenters. The molecule has 2 nitrogen and oxygen atoms in total. The van der Waals surface area contributed by atoms with Gasteiger partial charge >= 0.3 is 0 Å². The number of nitrogens with one attached hydrogen (secondary N) is 1. The third kappa shape index (κ3) is 5.76. The molecule has 0 bridgehead atoms. The Labute approximate surface area is 358 Å². The van der Waals surface area contributed by atoms with Gasteiger partial charge in [-0.05, 0) is 129 Å². The molecule has 1 saturated carbocycles. The standard InChI is InChI=1S/C57H54BN2/c1-55(2)32-33-56(3,4)48-37-50(59-42-26-15-8-16-27-42)43(36-47(48)55)44-34-39(38-20-9-5-10-21-38)35-52-53(44)58-49-30-19-29-46-54(49)60(52)51-31-18-17-28-45(51)57(46,40-22-11-6-12-23-40)41-24-13-7-14-25-41/h6-8,11-19,22-31,34-38,59H,5,9-10,20-21,32-33H2,1-4H3.